The first-order chi connectivity index (χ1) is 9.96. The van der Waals surface area contributed by atoms with E-state index in [-0.39, 0.29) is 18.4 Å². The Hall–Kier alpha value is -1.12. The van der Waals surface area contributed by atoms with Gasteiger partial charge in [-0.15, -0.1) is 0 Å². The van der Waals surface area contributed by atoms with Crippen LogP contribution in [0.15, 0.2) is 24.3 Å². The highest BCUT2D eigenvalue weighted by Gasteiger charge is 2.22. The molecule has 1 aliphatic rings. The van der Waals surface area contributed by atoms with E-state index in [9.17, 15) is 12.6 Å². The Morgan fingerprint density at radius 1 is 1.29 bits per heavy atom. The third-order valence-corrected chi connectivity index (χ3v) is 6.04. The number of nitrogens with two attached hydrogens (primary N) is 1. The van der Waals surface area contributed by atoms with Crippen LogP contribution in [0.2, 0.25) is 0 Å². The zero-order valence-corrected chi connectivity index (χ0v) is 13.3. The zero-order valence-electron chi connectivity index (χ0n) is 11.7. The molecule has 0 amide bonds. The fourth-order valence-electron chi connectivity index (χ4n) is 2.10. The summed E-state index contributed by atoms with van der Waals surface area (Å²) in [5.41, 5.74) is 6.20. The largest absolute Gasteiger partial charge is 0.490 e. The van der Waals surface area contributed by atoms with Crippen LogP contribution >= 0.6 is 0 Å². The maximum absolute atomic E-state index is 12.0. The van der Waals surface area contributed by atoms with Crippen molar-refractivity contribution in [1.82, 2.24) is 4.72 Å². The van der Waals surface area contributed by atoms with Crippen molar-refractivity contribution in [2.24, 2.45) is 0 Å². The molecule has 6 nitrogen and oxygen atoms in total. The molecular formula is C13H20N2O4S2. The molecule has 1 heterocycles. The third-order valence-electron chi connectivity index (χ3n) is 3.26. The van der Waals surface area contributed by atoms with Gasteiger partial charge in [0.05, 0.1) is 11.4 Å². The molecule has 1 aliphatic heterocycles. The van der Waals surface area contributed by atoms with Crippen LogP contribution in [0, 0.1) is 0 Å². The number of nitrogens with one attached hydrogen (secondary N) is 1. The zero-order chi connectivity index (χ0) is 15.3. The summed E-state index contributed by atoms with van der Waals surface area (Å²) in [6, 6.07) is 6.85. The Labute approximate surface area is 127 Å². The maximum Gasteiger partial charge on any atom is 0.215 e. The number of hydrogen-bond acceptors (Lipinski definition) is 5. The minimum atomic E-state index is -3.40. The van der Waals surface area contributed by atoms with Crippen LogP contribution < -0.4 is 15.2 Å². The minimum Gasteiger partial charge on any atom is -0.490 e. The average Bonchev–Trinajstić information content (AvgIpc) is 2.43. The highest BCUT2D eigenvalue weighted by atomic mass is 32.2. The van der Waals surface area contributed by atoms with Gasteiger partial charge in [0.1, 0.15) is 12.4 Å². The van der Waals surface area contributed by atoms with Crippen molar-refractivity contribution in [1.29, 1.82) is 0 Å². The second kappa shape index (κ2) is 7.24. The highest BCUT2D eigenvalue weighted by molar-refractivity contribution is 7.89. The number of hydrogen-bond donors (Lipinski definition) is 2. The Morgan fingerprint density at radius 3 is 2.62 bits per heavy atom. The van der Waals surface area contributed by atoms with Crippen molar-refractivity contribution in [2.75, 3.05) is 29.6 Å². The van der Waals surface area contributed by atoms with Crippen LogP contribution in [0.25, 0.3) is 0 Å². The van der Waals surface area contributed by atoms with Crippen LogP contribution in [-0.4, -0.2) is 42.5 Å². The van der Waals surface area contributed by atoms with E-state index < -0.39 is 20.8 Å². The van der Waals surface area contributed by atoms with Gasteiger partial charge < -0.3 is 10.5 Å². The topological polar surface area (TPSA) is 98.5 Å². The predicted octanol–water partition coefficient (Wildman–Crippen LogP) is 0.478. The van der Waals surface area contributed by atoms with Crippen LogP contribution in [0.3, 0.4) is 0 Å². The van der Waals surface area contributed by atoms with Gasteiger partial charge >= 0.3 is 0 Å². The standard InChI is InChI=1S/C13H20N2O4S2/c14-12-3-1-2-4-13(12)19-7-10-21(17,18)15-11-5-8-20(16)9-6-11/h1-4,11,15H,5-10,14H2. The number of nitrogen functional groups attached to an aromatic ring is 1. The van der Waals surface area contributed by atoms with E-state index in [0.29, 0.717) is 35.8 Å². The predicted molar refractivity (Wildman–Crippen MR) is 84.2 cm³/mol. The van der Waals surface area contributed by atoms with E-state index in [1.54, 1.807) is 24.3 Å². The molecule has 2 rings (SSSR count). The molecule has 1 aromatic rings. The SMILES string of the molecule is Nc1ccccc1OCCS(=O)(=O)NC1CCS(=O)CC1. The van der Waals surface area contributed by atoms with Crippen molar-refractivity contribution in [3.63, 3.8) is 0 Å². The summed E-state index contributed by atoms with van der Waals surface area (Å²) in [5, 5.41) is 0. The van der Waals surface area contributed by atoms with Crippen molar-refractivity contribution in [3.8, 4) is 5.75 Å². The number of benzene rings is 1. The molecule has 1 aromatic carbocycles. The van der Waals surface area contributed by atoms with Crippen LogP contribution in [0.4, 0.5) is 5.69 Å². The summed E-state index contributed by atoms with van der Waals surface area (Å²) < 4.78 is 43.2. The Bertz CT molecular complexity index is 594. The second-order valence-electron chi connectivity index (χ2n) is 4.95. The number of para-hydroxylation sites is 2. The molecule has 0 radical (unpaired) electrons. The van der Waals surface area contributed by atoms with Gasteiger partial charge in [0.2, 0.25) is 10.0 Å². The molecule has 0 bridgehead atoms. The summed E-state index contributed by atoms with van der Waals surface area (Å²) in [4.78, 5) is 0. The molecule has 0 spiro atoms. The van der Waals surface area contributed by atoms with E-state index in [4.69, 9.17) is 10.5 Å². The quantitative estimate of drug-likeness (QED) is 0.738. The van der Waals surface area contributed by atoms with Gasteiger partial charge in [0.15, 0.2) is 0 Å². The molecule has 1 fully saturated rings. The lowest BCUT2D eigenvalue weighted by molar-refractivity contribution is 0.341. The molecule has 0 aromatic heterocycles. The number of sulfonamides is 1. The Balaban J connectivity index is 1.79. The fourth-order valence-corrected chi connectivity index (χ4v) is 4.56. The summed E-state index contributed by atoms with van der Waals surface area (Å²) in [5.74, 6) is 1.48. The first-order valence-electron chi connectivity index (χ1n) is 6.78. The van der Waals surface area contributed by atoms with Gasteiger partial charge in [0.25, 0.3) is 0 Å². The van der Waals surface area contributed by atoms with Gasteiger partial charge in [-0.05, 0) is 25.0 Å². The normalized spacial score (nSPS) is 22.9. The highest BCUT2D eigenvalue weighted by Crippen LogP contribution is 2.19. The Morgan fingerprint density at radius 2 is 1.95 bits per heavy atom. The van der Waals surface area contributed by atoms with Crippen molar-refractivity contribution >= 4 is 26.5 Å². The molecule has 0 saturated carbocycles. The molecule has 0 atom stereocenters. The summed E-state index contributed by atoms with van der Waals surface area (Å²) >= 11 is 0. The Kier molecular flexibility index (Phi) is 5.60. The van der Waals surface area contributed by atoms with Gasteiger partial charge in [-0.3, -0.25) is 4.21 Å². The lowest BCUT2D eigenvalue weighted by Crippen LogP contribution is -2.41. The summed E-state index contributed by atoms with van der Waals surface area (Å²) in [6.07, 6.45) is 1.25. The molecule has 118 valence electrons. The molecule has 0 aliphatic carbocycles. The van der Waals surface area contributed by atoms with Gasteiger partial charge in [-0.1, -0.05) is 12.1 Å². The van der Waals surface area contributed by atoms with Gasteiger partial charge in [-0.2, -0.15) is 0 Å². The van der Waals surface area contributed by atoms with E-state index in [0.717, 1.165) is 0 Å². The summed E-state index contributed by atoms with van der Waals surface area (Å²) in [6.45, 7) is 0.0438. The maximum atomic E-state index is 12.0. The monoisotopic (exact) mass is 332 g/mol. The molecule has 21 heavy (non-hydrogen) atoms. The fraction of sp³-hybridized carbons (Fsp3) is 0.538. The van der Waals surface area contributed by atoms with Crippen LogP contribution in [0.5, 0.6) is 5.75 Å². The molecule has 0 unspecified atom stereocenters. The third kappa shape index (κ3) is 5.29. The second-order valence-corrected chi connectivity index (χ2v) is 8.51. The molecule has 1 saturated heterocycles. The van der Waals surface area contributed by atoms with Crippen LogP contribution in [0.1, 0.15) is 12.8 Å². The van der Waals surface area contributed by atoms with Gasteiger partial charge in [-0.25, -0.2) is 13.1 Å². The van der Waals surface area contributed by atoms with E-state index in [1.807, 2.05) is 0 Å². The molecule has 3 N–H and O–H groups in total. The smallest absolute Gasteiger partial charge is 0.215 e. The minimum absolute atomic E-state index is 0.0438. The van der Waals surface area contributed by atoms with E-state index >= 15 is 0 Å². The van der Waals surface area contributed by atoms with Crippen molar-refractivity contribution in [3.05, 3.63) is 24.3 Å². The first kappa shape index (κ1) is 16.3. The lowest BCUT2D eigenvalue weighted by Gasteiger charge is -2.22. The van der Waals surface area contributed by atoms with Gasteiger partial charge in [0, 0.05) is 28.3 Å². The van der Waals surface area contributed by atoms with Crippen molar-refractivity contribution < 1.29 is 17.4 Å². The van der Waals surface area contributed by atoms with Crippen molar-refractivity contribution in [2.45, 2.75) is 18.9 Å². The summed E-state index contributed by atoms with van der Waals surface area (Å²) in [7, 11) is -4.19. The number of rotatable bonds is 6. The molecular weight excluding hydrogens is 312 g/mol. The van der Waals surface area contributed by atoms with Crippen LogP contribution in [-0.2, 0) is 20.8 Å². The first-order valence-corrected chi connectivity index (χ1v) is 9.92. The lowest BCUT2D eigenvalue weighted by atomic mass is 10.2. The van der Waals surface area contributed by atoms with E-state index in [1.165, 1.54) is 0 Å². The average molecular weight is 332 g/mol. The number of ether oxygens (including phenoxy) is 1. The van der Waals surface area contributed by atoms with E-state index in [2.05, 4.69) is 4.72 Å². The molecule has 8 heteroatoms. The number of anilines is 1.